The highest BCUT2D eigenvalue weighted by molar-refractivity contribution is 7.17. The van der Waals surface area contributed by atoms with E-state index >= 15 is 0 Å². The van der Waals surface area contributed by atoms with Crippen LogP contribution in [0.25, 0.3) is 10.2 Å². The van der Waals surface area contributed by atoms with Crippen LogP contribution in [-0.2, 0) is 11.3 Å². The van der Waals surface area contributed by atoms with Gasteiger partial charge in [-0.25, -0.2) is 19.2 Å². The van der Waals surface area contributed by atoms with Crippen LogP contribution in [0.5, 0.6) is 0 Å². The number of carbonyl (C=O) groups is 2. The molecule has 2 aromatic carbocycles. The molecule has 6 nitrogen and oxygen atoms in total. The van der Waals surface area contributed by atoms with Crippen LogP contribution in [-0.4, -0.2) is 28.5 Å². The average molecular weight is 456 g/mol. The summed E-state index contributed by atoms with van der Waals surface area (Å²) in [5.74, 6) is -1.10. The molecule has 0 radical (unpaired) electrons. The minimum Gasteiger partial charge on any atom is -0.462 e. The van der Waals surface area contributed by atoms with Gasteiger partial charge >= 0.3 is 5.97 Å². The number of thiazole rings is 2. The van der Waals surface area contributed by atoms with Crippen LogP contribution in [0.1, 0.15) is 38.2 Å². The summed E-state index contributed by atoms with van der Waals surface area (Å²) in [6, 6.07) is 11.2. The first kappa shape index (κ1) is 21.1. The van der Waals surface area contributed by atoms with Crippen molar-refractivity contribution in [2.45, 2.75) is 20.4 Å². The van der Waals surface area contributed by atoms with E-state index < -0.39 is 5.97 Å². The second-order valence-electron chi connectivity index (χ2n) is 6.68. The summed E-state index contributed by atoms with van der Waals surface area (Å²) in [4.78, 5) is 36.3. The Morgan fingerprint density at radius 3 is 2.68 bits per heavy atom. The molecule has 2 heterocycles. The third-order valence-corrected chi connectivity index (χ3v) is 6.51. The highest BCUT2D eigenvalue weighted by Crippen LogP contribution is 2.30. The van der Waals surface area contributed by atoms with Gasteiger partial charge in [-0.15, -0.1) is 11.3 Å². The smallest absolute Gasteiger partial charge is 0.350 e. The van der Waals surface area contributed by atoms with Gasteiger partial charge < -0.3 is 4.74 Å². The number of amides is 1. The Bertz CT molecular complexity index is 1250. The van der Waals surface area contributed by atoms with Crippen molar-refractivity contribution in [3.63, 3.8) is 0 Å². The van der Waals surface area contributed by atoms with Crippen molar-refractivity contribution in [3.05, 3.63) is 75.5 Å². The van der Waals surface area contributed by atoms with Crippen molar-refractivity contribution in [2.24, 2.45) is 0 Å². The zero-order valence-electron chi connectivity index (χ0n) is 16.8. The first-order valence-electron chi connectivity index (χ1n) is 9.50. The van der Waals surface area contributed by atoms with Gasteiger partial charge in [0, 0.05) is 5.56 Å². The molecule has 0 bridgehead atoms. The number of hydrogen-bond donors (Lipinski definition) is 0. The number of fused-ring (bicyclic) bond motifs is 1. The predicted octanol–water partition coefficient (Wildman–Crippen LogP) is 5.22. The highest BCUT2D eigenvalue weighted by atomic mass is 32.1. The number of aromatic nitrogens is 2. The molecule has 2 aromatic heterocycles. The van der Waals surface area contributed by atoms with E-state index in [-0.39, 0.29) is 24.9 Å². The first-order chi connectivity index (χ1) is 15.0. The molecule has 31 heavy (non-hydrogen) atoms. The lowest BCUT2D eigenvalue weighted by Crippen LogP contribution is -2.30. The molecular formula is C22H18FN3O3S2. The molecule has 0 atom stereocenters. The molecule has 0 unspecified atom stereocenters. The summed E-state index contributed by atoms with van der Waals surface area (Å²) in [6.07, 6.45) is 0. The van der Waals surface area contributed by atoms with Gasteiger partial charge in [0.15, 0.2) is 5.13 Å². The molecule has 0 saturated heterocycles. The first-order valence-corrected chi connectivity index (χ1v) is 11.2. The number of anilines is 1. The maximum absolute atomic E-state index is 13.5. The van der Waals surface area contributed by atoms with E-state index in [0.29, 0.717) is 21.3 Å². The Morgan fingerprint density at radius 1 is 1.16 bits per heavy atom. The van der Waals surface area contributed by atoms with Gasteiger partial charge in [-0.2, -0.15) is 0 Å². The third kappa shape index (κ3) is 4.47. The third-order valence-electron chi connectivity index (χ3n) is 4.55. The molecule has 158 valence electrons. The highest BCUT2D eigenvalue weighted by Gasteiger charge is 2.25. The molecule has 1 amide bonds. The molecule has 4 aromatic rings. The van der Waals surface area contributed by atoms with Crippen molar-refractivity contribution in [3.8, 4) is 0 Å². The fourth-order valence-corrected chi connectivity index (χ4v) is 4.70. The molecule has 0 aliphatic rings. The van der Waals surface area contributed by atoms with Gasteiger partial charge in [0.25, 0.3) is 5.91 Å². The zero-order chi connectivity index (χ0) is 22.0. The van der Waals surface area contributed by atoms with Crippen molar-refractivity contribution in [1.29, 1.82) is 0 Å². The molecule has 4 rings (SSSR count). The van der Waals surface area contributed by atoms with E-state index in [1.54, 1.807) is 49.7 Å². The molecule has 0 fully saturated rings. The Morgan fingerprint density at radius 2 is 1.94 bits per heavy atom. The topological polar surface area (TPSA) is 72.4 Å². The Labute approximate surface area is 185 Å². The second kappa shape index (κ2) is 8.91. The monoisotopic (exact) mass is 455 g/mol. The number of aryl methyl sites for hydroxylation is 1. The lowest BCUT2D eigenvalue weighted by Gasteiger charge is -2.20. The Kier molecular flexibility index (Phi) is 6.06. The molecule has 0 N–H and O–H groups in total. The largest absolute Gasteiger partial charge is 0.462 e. The van der Waals surface area contributed by atoms with Crippen molar-refractivity contribution in [2.75, 3.05) is 11.5 Å². The SMILES string of the molecule is CCOC(=O)c1sc(N(Cc2ccc(F)cc2)C(=O)c2ccc3ncsc3c2)nc1C. The molecule has 0 aliphatic carbocycles. The van der Waals surface area contributed by atoms with Gasteiger partial charge in [0.1, 0.15) is 10.7 Å². The summed E-state index contributed by atoms with van der Waals surface area (Å²) >= 11 is 2.55. The van der Waals surface area contributed by atoms with Crippen LogP contribution in [0.4, 0.5) is 9.52 Å². The summed E-state index contributed by atoms with van der Waals surface area (Å²) in [6.45, 7) is 3.86. The number of hydrogen-bond acceptors (Lipinski definition) is 7. The normalized spacial score (nSPS) is 10.9. The number of esters is 1. The molecule has 0 aliphatic heterocycles. The molecule has 9 heteroatoms. The van der Waals surface area contributed by atoms with E-state index in [1.165, 1.54) is 28.4 Å². The number of halogens is 1. The summed E-state index contributed by atoms with van der Waals surface area (Å²) in [5.41, 5.74) is 4.25. The van der Waals surface area contributed by atoms with E-state index in [4.69, 9.17) is 4.74 Å². The van der Waals surface area contributed by atoms with E-state index in [2.05, 4.69) is 9.97 Å². The van der Waals surface area contributed by atoms with Crippen LogP contribution >= 0.6 is 22.7 Å². The van der Waals surface area contributed by atoms with Gasteiger partial charge in [0.05, 0.1) is 34.6 Å². The Hall–Kier alpha value is -3.17. The molecule has 0 saturated carbocycles. The number of rotatable bonds is 6. The minimum atomic E-state index is -0.469. The number of ether oxygens (including phenoxy) is 1. The summed E-state index contributed by atoms with van der Waals surface area (Å²) in [5, 5.41) is 0.374. The zero-order valence-corrected chi connectivity index (χ0v) is 18.4. The summed E-state index contributed by atoms with van der Waals surface area (Å²) < 4.78 is 19.4. The van der Waals surface area contributed by atoms with E-state index in [1.807, 2.05) is 0 Å². The molecule has 0 spiro atoms. The van der Waals surface area contributed by atoms with Crippen molar-refractivity contribution in [1.82, 2.24) is 9.97 Å². The van der Waals surface area contributed by atoms with Gasteiger partial charge in [-0.1, -0.05) is 23.5 Å². The quantitative estimate of drug-likeness (QED) is 0.373. The van der Waals surface area contributed by atoms with Crippen LogP contribution in [0.2, 0.25) is 0 Å². The van der Waals surface area contributed by atoms with Crippen molar-refractivity contribution >= 4 is 49.9 Å². The van der Waals surface area contributed by atoms with Crippen LogP contribution < -0.4 is 4.90 Å². The number of benzene rings is 2. The van der Waals surface area contributed by atoms with Crippen molar-refractivity contribution < 1.29 is 18.7 Å². The lowest BCUT2D eigenvalue weighted by molar-refractivity contribution is 0.0531. The predicted molar refractivity (Wildman–Crippen MR) is 119 cm³/mol. The number of carbonyl (C=O) groups excluding carboxylic acids is 2. The standard InChI is InChI=1S/C22H18FN3O3S2/c1-3-29-21(28)19-13(2)25-22(31-19)26(11-14-4-7-16(23)8-5-14)20(27)15-6-9-17-18(10-15)30-12-24-17/h4-10,12H,3,11H2,1-2H3. The van der Waals surface area contributed by atoms with Crippen LogP contribution in [0.3, 0.4) is 0 Å². The number of nitrogens with zero attached hydrogens (tertiary/aromatic N) is 3. The maximum Gasteiger partial charge on any atom is 0.350 e. The van der Waals surface area contributed by atoms with E-state index in [0.717, 1.165) is 27.1 Å². The van der Waals surface area contributed by atoms with Crippen LogP contribution in [0, 0.1) is 12.7 Å². The van der Waals surface area contributed by atoms with Gasteiger partial charge in [-0.3, -0.25) is 9.69 Å². The second-order valence-corrected chi connectivity index (χ2v) is 8.55. The average Bonchev–Trinajstić information content (AvgIpc) is 3.39. The van der Waals surface area contributed by atoms with E-state index in [9.17, 15) is 14.0 Å². The van der Waals surface area contributed by atoms with Gasteiger partial charge in [0.2, 0.25) is 0 Å². The maximum atomic E-state index is 13.5. The van der Waals surface area contributed by atoms with Crippen LogP contribution in [0.15, 0.2) is 48.0 Å². The molecular weight excluding hydrogens is 437 g/mol. The minimum absolute atomic E-state index is 0.176. The summed E-state index contributed by atoms with van der Waals surface area (Å²) in [7, 11) is 0. The lowest BCUT2D eigenvalue weighted by atomic mass is 10.1. The fourth-order valence-electron chi connectivity index (χ4n) is 3.03. The van der Waals surface area contributed by atoms with Gasteiger partial charge in [-0.05, 0) is 49.7 Å². The fraction of sp³-hybridized carbons (Fsp3) is 0.182. The Balaban J connectivity index is 1.73.